The quantitative estimate of drug-likeness (QED) is 0.777. The summed E-state index contributed by atoms with van der Waals surface area (Å²) in [6.07, 6.45) is 2.85. The highest BCUT2D eigenvalue weighted by atomic mass is 32.1. The first-order valence-electron chi connectivity index (χ1n) is 5.73. The van der Waals surface area contributed by atoms with Gasteiger partial charge < -0.3 is 10.6 Å². The van der Waals surface area contributed by atoms with Gasteiger partial charge in [-0.25, -0.2) is 0 Å². The molecule has 0 aliphatic rings. The van der Waals surface area contributed by atoms with Gasteiger partial charge in [-0.1, -0.05) is 20.3 Å². The van der Waals surface area contributed by atoms with E-state index >= 15 is 0 Å². The van der Waals surface area contributed by atoms with Gasteiger partial charge in [0.2, 0.25) is 0 Å². The van der Waals surface area contributed by atoms with Gasteiger partial charge in [0.15, 0.2) is 5.78 Å². The Morgan fingerprint density at radius 1 is 1.50 bits per heavy atom. The molecule has 90 valence electrons. The Hall–Kier alpha value is -1.03. The Bertz CT molecular complexity index is 360. The third-order valence-electron chi connectivity index (χ3n) is 2.55. The van der Waals surface area contributed by atoms with E-state index in [1.165, 1.54) is 17.8 Å². The molecule has 0 amide bonds. The fourth-order valence-corrected chi connectivity index (χ4v) is 2.54. The molecule has 3 nitrogen and oxygen atoms in total. The average molecular weight is 240 g/mol. The van der Waals surface area contributed by atoms with Gasteiger partial charge in [0.1, 0.15) is 0 Å². The van der Waals surface area contributed by atoms with Gasteiger partial charge in [0.25, 0.3) is 0 Å². The van der Waals surface area contributed by atoms with Crippen molar-refractivity contribution in [3.8, 4) is 0 Å². The van der Waals surface area contributed by atoms with Gasteiger partial charge >= 0.3 is 0 Å². The number of carbonyl (C=O) groups excluding carboxylic acids is 1. The van der Waals surface area contributed by atoms with Gasteiger partial charge in [0, 0.05) is 20.0 Å². The Morgan fingerprint density at radius 2 is 2.19 bits per heavy atom. The number of carbonyl (C=O) groups is 1. The molecule has 1 heterocycles. The van der Waals surface area contributed by atoms with Crippen LogP contribution in [-0.4, -0.2) is 19.4 Å². The minimum atomic E-state index is 0.137. The zero-order valence-electron chi connectivity index (χ0n) is 10.2. The molecule has 0 aliphatic heterocycles. The van der Waals surface area contributed by atoms with Crippen LogP contribution in [0.1, 0.15) is 42.8 Å². The highest BCUT2D eigenvalue weighted by Crippen LogP contribution is 2.32. The number of nitrogens with two attached hydrogens (primary N) is 1. The molecule has 2 N–H and O–H groups in total. The summed E-state index contributed by atoms with van der Waals surface area (Å²) in [4.78, 5) is 14.5. The molecule has 0 bridgehead atoms. The van der Waals surface area contributed by atoms with Crippen LogP contribution in [-0.2, 0) is 0 Å². The molecule has 1 aromatic heterocycles. The topological polar surface area (TPSA) is 46.3 Å². The summed E-state index contributed by atoms with van der Waals surface area (Å²) in [5.74, 6) is 0.137. The van der Waals surface area contributed by atoms with Crippen molar-refractivity contribution in [3.63, 3.8) is 0 Å². The molecule has 4 heteroatoms. The van der Waals surface area contributed by atoms with E-state index in [1.54, 1.807) is 0 Å². The Balaban J connectivity index is 2.79. The Kier molecular flexibility index (Phi) is 4.80. The molecule has 0 fully saturated rings. The van der Waals surface area contributed by atoms with Crippen LogP contribution in [0.2, 0.25) is 0 Å². The first kappa shape index (κ1) is 13.0. The van der Waals surface area contributed by atoms with E-state index in [0.717, 1.165) is 18.0 Å². The second-order valence-corrected chi connectivity index (χ2v) is 4.95. The number of anilines is 2. The zero-order valence-corrected chi connectivity index (χ0v) is 11.1. The standard InChI is InChI=1S/C12H20N2OS/c1-4-6-7-14(3)11-8-9(13)12(16-11)10(15)5-2/h8H,4-7,13H2,1-3H3. The number of hydrogen-bond acceptors (Lipinski definition) is 4. The molecule has 0 spiro atoms. The highest BCUT2D eigenvalue weighted by molar-refractivity contribution is 7.18. The number of Topliss-reactive ketones (excluding diaryl/α,β-unsaturated/α-hetero) is 1. The zero-order chi connectivity index (χ0) is 12.1. The van der Waals surface area contributed by atoms with E-state index in [-0.39, 0.29) is 5.78 Å². The lowest BCUT2D eigenvalue weighted by molar-refractivity contribution is 0.0993. The van der Waals surface area contributed by atoms with Gasteiger partial charge in [-0.3, -0.25) is 4.79 Å². The lowest BCUT2D eigenvalue weighted by Crippen LogP contribution is -2.16. The van der Waals surface area contributed by atoms with Crippen LogP contribution in [0, 0.1) is 0 Å². The summed E-state index contributed by atoms with van der Waals surface area (Å²) in [5, 5.41) is 1.09. The van der Waals surface area contributed by atoms with Crippen molar-refractivity contribution in [1.82, 2.24) is 0 Å². The Labute approximate surface area is 101 Å². The predicted octanol–water partition coefficient (Wildman–Crippen LogP) is 3.16. The normalized spacial score (nSPS) is 10.4. The molecular weight excluding hydrogens is 220 g/mol. The number of ketones is 1. The molecule has 1 aromatic rings. The molecule has 1 rings (SSSR count). The molecule has 0 radical (unpaired) electrons. The van der Waals surface area contributed by atoms with E-state index in [0.29, 0.717) is 17.0 Å². The molecule has 0 unspecified atom stereocenters. The molecule has 0 aromatic carbocycles. The molecule has 0 saturated heterocycles. The minimum Gasteiger partial charge on any atom is -0.397 e. The van der Waals surface area contributed by atoms with Crippen molar-refractivity contribution in [2.75, 3.05) is 24.2 Å². The van der Waals surface area contributed by atoms with Crippen molar-refractivity contribution in [2.24, 2.45) is 0 Å². The van der Waals surface area contributed by atoms with E-state index in [1.807, 2.05) is 20.0 Å². The van der Waals surface area contributed by atoms with Crippen molar-refractivity contribution < 1.29 is 4.79 Å². The fraction of sp³-hybridized carbons (Fsp3) is 0.583. The number of hydrogen-bond donors (Lipinski definition) is 1. The van der Waals surface area contributed by atoms with Gasteiger partial charge in [-0.05, 0) is 12.5 Å². The van der Waals surface area contributed by atoms with Crippen LogP contribution >= 0.6 is 11.3 Å². The largest absolute Gasteiger partial charge is 0.397 e. The summed E-state index contributed by atoms with van der Waals surface area (Å²) in [5.41, 5.74) is 6.47. The maximum atomic E-state index is 11.6. The monoisotopic (exact) mass is 240 g/mol. The summed E-state index contributed by atoms with van der Waals surface area (Å²) in [6.45, 7) is 5.04. The third kappa shape index (κ3) is 2.98. The van der Waals surface area contributed by atoms with Crippen LogP contribution in [0.3, 0.4) is 0 Å². The van der Waals surface area contributed by atoms with Crippen LogP contribution in [0.4, 0.5) is 10.7 Å². The fourth-order valence-electron chi connectivity index (χ4n) is 1.46. The lowest BCUT2D eigenvalue weighted by Gasteiger charge is -2.15. The summed E-state index contributed by atoms with van der Waals surface area (Å²) in [6, 6.07) is 1.91. The smallest absolute Gasteiger partial charge is 0.174 e. The molecule has 0 saturated carbocycles. The molecule has 16 heavy (non-hydrogen) atoms. The number of thiophene rings is 1. The van der Waals surface area contributed by atoms with Crippen molar-refractivity contribution >= 4 is 27.8 Å². The first-order valence-corrected chi connectivity index (χ1v) is 6.55. The SMILES string of the molecule is CCCCN(C)c1cc(N)c(C(=O)CC)s1. The van der Waals surface area contributed by atoms with E-state index < -0.39 is 0 Å². The van der Waals surface area contributed by atoms with Crippen LogP contribution < -0.4 is 10.6 Å². The predicted molar refractivity (Wildman–Crippen MR) is 71.5 cm³/mol. The van der Waals surface area contributed by atoms with Gasteiger partial charge in [0.05, 0.1) is 15.6 Å². The van der Waals surface area contributed by atoms with Crippen LogP contribution in [0.15, 0.2) is 6.07 Å². The van der Waals surface area contributed by atoms with E-state index in [2.05, 4.69) is 11.8 Å². The van der Waals surface area contributed by atoms with Crippen molar-refractivity contribution in [1.29, 1.82) is 0 Å². The average Bonchev–Trinajstić information content (AvgIpc) is 2.67. The van der Waals surface area contributed by atoms with E-state index in [4.69, 9.17) is 5.73 Å². The first-order chi connectivity index (χ1) is 7.60. The van der Waals surface area contributed by atoms with Gasteiger partial charge in [-0.15, -0.1) is 11.3 Å². The summed E-state index contributed by atoms with van der Waals surface area (Å²) < 4.78 is 0. The number of nitrogens with zero attached hydrogens (tertiary/aromatic N) is 1. The van der Waals surface area contributed by atoms with Crippen LogP contribution in [0.25, 0.3) is 0 Å². The maximum absolute atomic E-state index is 11.6. The second kappa shape index (κ2) is 5.89. The molecule has 0 atom stereocenters. The third-order valence-corrected chi connectivity index (χ3v) is 3.85. The highest BCUT2D eigenvalue weighted by Gasteiger charge is 2.14. The van der Waals surface area contributed by atoms with E-state index in [9.17, 15) is 4.79 Å². The summed E-state index contributed by atoms with van der Waals surface area (Å²) >= 11 is 1.50. The number of nitrogen functional groups attached to an aromatic ring is 1. The second-order valence-electron chi connectivity index (χ2n) is 3.92. The van der Waals surface area contributed by atoms with Crippen molar-refractivity contribution in [2.45, 2.75) is 33.1 Å². The maximum Gasteiger partial charge on any atom is 0.174 e. The van der Waals surface area contributed by atoms with Gasteiger partial charge in [-0.2, -0.15) is 0 Å². The molecular formula is C12H20N2OS. The number of unbranched alkanes of at least 4 members (excludes halogenated alkanes) is 1. The minimum absolute atomic E-state index is 0.137. The Morgan fingerprint density at radius 3 is 2.75 bits per heavy atom. The number of rotatable bonds is 6. The summed E-state index contributed by atoms with van der Waals surface area (Å²) in [7, 11) is 2.04. The van der Waals surface area contributed by atoms with Crippen LogP contribution in [0.5, 0.6) is 0 Å². The molecule has 0 aliphatic carbocycles. The van der Waals surface area contributed by atoms with Crippen molar-refractivity contribution in [3.05, 3.63) is 10.9 Å². The lowest BCUT2D eigenvalue weighted by atomic mass is 10.2.